The molecule has 1 atom stereocenters. The lowest BCUT2D eigenvalue weighted by atomic mass is 10.1. The summed E-state index contributed by atoms with van der Waals surface area (Å²) in [6, 6.07) is 9.94. The first-order valence-corrected chi connectivity index (χ1v) is 7.75. The summed E-state index contributed by atoms with van der Waals surface area (Å²) in [6.45, 7) is 1.68. The van der Waals surface area contributed by atoms with Gasteiger partial charge in [-0.2, -0.15) is 4.31 Å². The van der Waals surface area contributed by atoms with Crippen LogP contribution in [0.4, 0.5) is 8.78 Å². The fraction of sp³-hybridized carbons (Fsp3) is 0.200. The molecule has 21 heavy (non-hydrogen) atoms. The molecular weight excluding hydrogens is 296 g/mol. The molecule has 2 aromatic rings. The van der Waals surface area contributed by atoms with Gasteiger partial charge in [0, 0.05) is 13.1 Å². The van der Waals surface area contributed by atoms with E-state index in [4.69, 9.17) is 0 Å². The third-order valence-corrected chi connectivity index (χ3v) is 5.30. The molecule has 0 amide bonds. The Bertz CT molecular complexity index is 730. The number of hydrogen-bond acceptors (Lipinski definition) is 2. The predicted octanol–water partition coefficient (Wildman–Crippen LogP) is 3.35. The van der Waals surface area contributed by atoms with Crippen molar-refractivity contribution >= 4 is 10.0 Å². The molecule has 0 aliphatic carbocycles. The molecule has 0 spiro atoms. The summed E-state index contributed by atoms with van der Waals surface area (Å²) in [7, 11) is -2.41. The van der Waals surface area contributed by atoms with Gasteiger partial charge in [-0.25, -0.2) is 17.2 Å². The molecule has 2 rings (SSSR count). The quantitative estimate of drug-likeness (QED) is 0.868. The minimum Gasteiger partial charge on any atom is -0.207 e. The van der Waals surface area contributed by atoms with Gasteiger partial charge in [-0.15, -0.1) is 0 Å². The Hall–Kier alpha value is -1.79. The molecular formula is C15H15F2NO2S. The highest BCUT2D eigenvalue weighted by Gasteiger charge is 2.26. The Morgan fingerprint density at radius 1 is 1.00 bits per heavy atom. The van der Waals surface area contributed by atoms with Crippen LogP contribution in [0, 0.1) is 11.6 Å². The van der Waals surface area contributed by atoms with Gasteiger partial charge in [-0.1, -0.05) is 18.2 Å². The van der Waals surface area contributed by atoms with Gasteiger partial charge in [-0.05, 0) is 42.8 Å². The molecule has 0 aliphatic rings. The zero-order chi connectivity index (χ0) is 15.6. The minimum atomic E-state index is -3.82. The number of halogens is 2. The number of nitrogens with zero attached hydrogens (tertiary/aromatic N) is 1. The van der Waals surface area contributed by atoms with Gasteiger partial charge in [0.1, 0.15) is 11.6 Å². The maximum absolute atomic E-state index is 13.2. The van der Waals surface area contributed by atoms with Crippen molar-refractivity contribution in [1.29, 1.82) is 0 Å². The van der Waals surface area contributed by atoms with Gasteiger partial charge in [0.25, 0.3) is 0 Å². The van der Waals surface area contributed by atoms with Crippen LogP contribution in [0.1, 0.15) is 18.5 Å². The van der Waals surface area contributed by atoms with Crippen LogP contribution in [0.3, 0.4) is 0 Å². The van der Waals surface area contributed by atoms with Crippen LogP contribution in [0.15, 0.2) is 53.4 Å². The second-order valence-corrected chi connectivity index (χ2v) is 6.70. The van der Waals surface area contributed by atoms with E-state index in [9.17, 15) is 17.2 Å². The molecule has 0 bridgehead atoms. The first kappa shape index (κ1) is 15.6. The van der Waals surface area contributed by atoms with Gasteiger partial charge in [-0.3, -0.25) is 0 Å². The topological polar surface area (TPSA) is 37.4 Å². The van der Waals surface area contributed by atoms with Gasteiger partial charge >= 0.3 is 0 Å². The number of rotatable bonds is 4. The Morgan fingerprint density at radius 2 is 1.62 bits per heavy atom. The Morgan fingerprint density at radius 3 is 2.19 bits per heavy atom. The molecule has 0 N–H and O–H groups in total. The lowest BCUT2D eigenvalue weighted by Crippen LogP contribution is -2.29. The highest BCUT2D eigenvalue weighted by atomic mass is 32.2. The predicted molar refractivity (Wildman–Crippen MR) is 76.2 cm³/mol. The zero-order valence-electron chi connectivity index (χ0n) is 11.6. The summed E-state index contributed by atoms with van der Waals surface area (Å²) in [5.74, 6) is -1.000. The van der Waals surface area contributed by atoms with Crippen molar-refractivity contribution in [3.05, 3.63) is 65.7 Å². The normalized spacial score (nSPS) is 13.4. The number of hydrogen-bond donors (Lipinski definition) is 0. The second kappa shape index (κ2) is 5.91. The van der Waals surface area contributed by atoms with E-state index in [2.05, 4.69) is 0 Å². The molecule has 2 aromatic carbocycles. The van der Waals surface area contributed by atoms with Crippen molar-refractivity contribution in [1.82, 2.24) is 4.31 Å². The molecule has 0 radical (unpaired) electrons. The second-order valence-electron chi connectivity index (χ2n) is 4.71. The average molecular weight is 311 g/mol. The van der Waals surface area contributed by atoms with Crippen molar-refractivity contribution in [2.24, 2.45) is 0 Å². The van der Waals surface area contributed by atoms with Crippen LogP contribution in [0.2, 0.25) is 0 Å². The van der Waals surface area contributed by atoms with Crippen LogP contribution >= 0.6 is 0 Å². The average Bonchev–Trinajstić information content (AvgIpc) is 2.46. The molecule has 3 nitrogen and oxygen atoms in total. The summed E-state index contributed by atoms with van der Waals surface area (Å²) in [6.07, 6.45) is 0. The first-order valence-electron chi connectivity index (χ1n) is 6.31. The van der Waals surface area contributed by atoms with E-state index in [0.717, 1.165) is 10.4 Å². The summed E-state index contributed by atoms with van der Waals surface area (Å²) in [5, 5.41) is 0. The lowest BCUT2D eigenvalue weighted by Gasteiger charge is -2.24. The van der Waals surface area contributed by atoms with E-state index >= 15 is 0 Å². The molecule has 0 saturated carbocycles. The maximum Gasteiger partial charge on any atom is 0.243 e. The van der Waals surface area contributed by atoms with E-state index in [-0.39, 0.29) is 10.7 Å². The van der Waals surface area contributed by atoms with Gasteiger partial charge in [0.05, 0.1) is 4.90 Å². The van der Waals surface area contributed by atoms with Crippen molar-refractivity contribution < 1.29 is 17.2 Å². The monoisotopic (exact) mass is 311 g/mol. The molecule has 112 valence electrons. The van der Waals surface area contributed by atoms with Crippen LogP contribution in [-0.4, -0.2) is 19.8 Å². The fourth-order valence-corrected chi connectivity index (χ4v) is 3.34. The van der Waals surface area contributed by atoms with Crippen LogP contribution < -0.4 is 0 Å². The fourth-order valence-electron chi connectivity index (χ4n) is 1.95. The smallest absolute Gasteiger partial charge is 0.207 e. The van der Waals surface area contributed by atoms with Crippen LogP contribution in [0.25, 0.3) is 0 Å². The summed E-state index contributed by atoms with van der Waals surface area (Å²) < 4.78 is 52.2. The van der Waals surface area contributed by atoms with E-state index in [1.54, 1.807) is 6.92 Å². The van der Waals surface area contributed by atoms with Crippen molar-refractivity contribution in [2.45, 2.75) is 17.9 Å². The highest BCUT2D eigenvalue weighted by Crippen LogP contribution is 2.26. The molecule has 0 fully saturated rings. The van der Waals surface area contributed by atoms with Crippen molar-refractivity contribution in [3.63, 3.8) is 0 Å². The van der Waals surface area contributed by atoms with Crippen LogP contribution in [0.5, 0.6) is 0 Å². The van der Waals surface area contributed by atoms with Crippen molar-refractivity contribution in [2.75, 3.05) is 7.05 Å². The van der Waals surface area contributed by atoms with E-state index in [1.807, 2.05) is 0 Å². The molecule has 0 heterocycles. The van der Waals surface area contributed by atoms with Gasteiger partial charge < -0.3 is 0 Å². The molecule has 1 unspecified atom stereocenters. The summed E-state index contributed by atoms with van der Waals surface area (Å²) >= 11 is 0. The molecule has 6 heteroatoms. The van der Waals surface area contributed by atoms with E-state index < -0.39 is 21.9 Å². The first-order chi connectivity index (χ1) is 9.82. The zero-order valence-corrected chi connectivity index (χ0v) is 12.4. The maximum atomic E-state index is 13.2. The molecule has 0 aliphatic heterocycles. The lowest BCUT2D eigenvalue weighted by molar-refractivity contribution is 0.397. The number of sulfonamides is 1. The summed E-state index contributed by atoms with van der Waals surface area (Å²) in [5.41, 5.74) is 0.652. The standard InChI is InChI=1S/C15H15F2NO2S/c1-11(12-6-8-13(16)9-7-12)18(2)21(19,20)15-5-3-4-14(17)10-15/h3-11H,1-2H3. The van der Waals surface area contributed by atoms with Gasteiger partial charge in [0.2, 0.25) is 10.0 Å². The third kappa shape index (κ3) is 3.28. The largest absolute Gasteiger partial charge is 0.243 e. The minimum absolute atomic E-state index is 0.112. The Balaban J connectivity index is 2.33. The number of benzene rings is 2. The Labute approximate surface area is 122 Å². The van der Waals surface area contributed by atoms with Gasteiger partial charge in [0.15, 0.2) is 0 Å². The van der Waals surface area contributed by atoms with E-state index in [0.29, 0.717) is 5.56 Å². The third-order valence-electron chi connectivity index (χ3n) is 3.37. The van der Waals surface area contributed by atoms with Crippen LogP contribution in [-0.2, 0) is 10.0 Å². The Kier molecular flexibility index (Phi) is 4.39. The molecule has 0 saturated heterocycles. The highest BCUT2D eigenvalue weighted by molar-refractivity contribution is 7.89. The summed E-state index contributed by atoms with van der Waals surface area (Å²) in [4.78, 5) is -0.112. The molecule has 0 aromatic heterocycles. The van der Waals surface area contributed by atoms with Crippen molar-refractivity contribution in [3.8, 4) is 0 Å². The van der Waals surface area contributed by atoms with E-state index in [1.165, 1.54) is 49.5 Å². The SMILES string of the molecule is CC(c1ccc(F)cc1)N(C)S(=O)(=O)c1cccc(F)c1.